The number of benzene rings is 2. The smallest absolute Gasteiger partial charge is 0.258 e. The summed E-state index contributed by atoms with van der Waals surface area (Å²) in [4.78, 5) is 32.4. The Bertz CT molecular complexity index is 1240. The fourth-order valence-corrected chi connectivity index (χ4v) is 5.84. The van der Waals surface area contributed by atoms with E-state index in [0.29, 0.717) is 30.2 Å². The number of carbonyl (C=O) groups is 2. The fraction of sp³-hybridized carbons (Fsp3) is 0.400. The second-order valence-corrected chi connectivity index (χ2v) is 10.7. The first-order valence-electron chi connectivity index (χ1n) is 13.0. The molecule has 4 rings (SSSR count). The molecule has 0 atom stereocenters. The summed E-state index contributed by atoms with van der Waals surface area (Å²) in [6.07, 6.45) is 4.90. The van der Waals surface area contributed by atoms with Gasteiger partial charge in [0.05, 0.1) is 26.3 Å². The van der Waals surface area contributed by atoms with Crippen molar-refractivity contribution < 1.29 is 23.5 Å². The van der Waals surface area contributed by atoms with Crippen LogP contribution in [0.3, 0.4) is 0 Å². The summed E-state index contributed by atoms with van der Waals surface area (Å²) in [5.74, 6) is 0.325. The quantitative estimate of drug-likeness (QED) is 0.308. The van der Waals surface area contributed by atoms with Crippen LogP contribution >= 0.6 is 11.3 Å². The Morgan fingerprint density at radius 3 is 2.34 bits per heavy atom. The van der Waals surface area contributed by atoms with Gasteiger partial charge in [-0.25, -0.2) is 4.39 Å². The molecule has 1 aliphatic rings. The van der Waals surface area contributed by atoms with Gasteiger partial charge < -0.3 is 19.3 Å². The minimum Gasteiger partial charge on any atom is -0.497 e. The van der Waals surface area contributed by atoms with Crippen LogP contribution in [0.15, 0.2) is 53.9 Å². The van der Waals surface area contributed by atoms with Crippen LogP contribution in [0.2, 0.25) is 0 Å². The number of halogens is 1. The average Bonchev–Trinajstić information content (AvgIpc) is 3.36. The third kappa shape index (κ3) is 6.72. The number of thiophene rings is 1. The molecule has 1 aliphatic carbocycles. The lowest BCUT2D eigenvalue weighted by Gasteiger charge is -2.36. The lowest BCUT2D eigenvalue weighted by Crippen LogP contribution is -2.48. The molecule has 1 saturated carbocycles. The summed E-state index contributed by atoms with van der Waals surface area (Å²) in [5, 5.41) is 2.01. The molecular weight excluding hydrogens is 503 g/mol. The molecule has 1 fully saturated rings. The average molecular weight is 539 g/mol. The van der Waals surface area contributed by atoms with E-state index >= 15 is 0 Å². The van der Waals surface area contributed by atoms with Gasteiger partial charge in [0.25, 0.3) is 5.91 Å². The lowest BCUT2D eigenvalue weighted by molar-refractivity contribution is -0.133. The van der Waals surface area contributed by atoms with Crippen LogP contribution in [0.4, 0.5) is 4.39 Å². The van der Waals surface area contributed by atoms with Crippen molar-refractivity contribution in [3.63, 3.8) is 0 Å². The molecule has 0 aliphatic heterocycles. The first-order valence-corrected chi connectivity index (χ1v) is 13.9. The molecule has 3 aromatic rings. The SMILES string of the molecule is COc1ccc(C(=O)N(CC(=O)N(Cc2ccc(F)cc2)Cc2sccc2C)C2CCCCC2)c(OC)c1. The molecule has 0 bridgehead atoms. The number of carbonyl (C=O) groups excluding carboxylic acids is 2. The van der Waals surface area contributed by atoms with Crippen LogP contribution < -0.4 is 9.47 Å². The summed E-state index contributed by atoms with van der Waals surface area (Å²) in [6.45, 7) is 2.75. The summed E-state index contributed by atoms with van der Waals surface area (Å²) < 4.78 is 24.4. The highest BCUT2D eigenvalue weighted by atomic mass is 32.1. The van der Waals surface area contributed by atoms with E-state index < -0.39 is 0 Å². The summed E-state index contributed by atoms with van der Waals surface area (Å²) >= 11 is 1.60. The van der Waals surface area contributed by atoms with Crippen LogP contribution in [0, 0.1) is 12.7 Å². The van der Waals surface area contributed by atoms with Gasteiger partial charge in [-0.3, -0.25) is 9.59 Å². The zero-order valence-electron chi connectivity index (χ0n) is 22.2. The Labute approximate surface area is 228 Å². The predicted molar refractivity (Wildman–Crippen MR) is 147 cm³/mol. The molecule has 6 nitrogen and oxygen atoms in total. The summed E-state index contributed by atoms with van der Waals surface area (Å²) in [5.41, 5.74) is 2.36. The molecule has 0 radical (unpaired) electrons. The minimum absolute atomic E-state index is 0.0249. The topological polar surface area (TPSA) is 59.1 Å². The largest absolute Gasteiger partial charge is 0.497 e. The van der Waals surface area contributed by atoms with Gasteiger partial charge in [-0.15, -0.1) is 11.3 Å². The van der Waals surface area contributed by atoms with Crippen molar-refractivity contribution in [2.24, 2.45) is 0 Å². The van der Waals surface area contributed by atoms with Crippen LogP contribution in [-0.4, -0.2) is 48.4 Å². The lowest BCUT2D eigenvalue weighted by atomic mass is 9.93. The van der Waals surface area contributed by atoms with Crippen LogP contribution in [0.1, 0.15) is 58.5 Å². The molecule has 202 valence electrons. The summed E-state index contributed by atoms with van der Waals surface area (Å²) in [7, 11) is 3.09. The number of nitrogens with zero attached hydrogens (tertiary/aromatic N) is 2. The van der Waals surface area contributed by atoms with E-state index in [1.807, 2.05) is 18.4 Å². The molecule has 0 saturated heterocycles. The monoisotopic (exact) mass is 538 g/mol. The number of ether oxygens (including phenoxy) is 2. The number of hydrogen-bond acceptors (Lipinski definition) is 5. The van der Waals surface area contributed by atoms with Crippen LogP contribution in [0.25, 0.3) is 0 Å². The summed E-state index contributed by atoms with van der Waals surface area (Å²) in [6, 6.07) is 13.3. The molecule has 2 aromatic carbocycles. The predicted octanol–water partition coefficient (Wildman–Crippen LogP) is 6.22. The number of aryl methyl sites for hydroxylation is 1. The van der Waals surface area contributed by atoms with Crippen molar-refractivity contribution in [3.8, 4) is 11.5 Å². The Balaban J connectivity index is 1.63. The maximum atomic E-state index is 13.9. The second-order valence-electron chi connectivity index (χ2n) is 9.69. The Hall–Kier alpha value is -3.39. The Morgan fingerprint density at radius 1 is 0.974 bits per heavy atom. The zero-order chi connectivity index (χ0) is 27.1. The van der Waals surface area contributed by atoms with Crippen LogP contribution in [-0.2, 0) is 17.9 Å². The maximum Gasteiger partial charge on any atom is 0.258 e. The van der Waals surface area contributed by atoms with E-state index in [9.17, 15) is 14.0 Å². The normalized spacial score (nSPS) is 13.7. The molecule has 8 heteroatoms. The van der Waals surface area contributed by atoms with E-state index in [1.54, 1.807) is 58.6 Å². The van der Waals surface area contributed by atoms with Crippen LogP contribution in [0.5, 0.6) is 11.5 Å². The van der Waals surface area contributed by atoms with Gasteiger partial charge in [-0.1, -0.05) is 31.4 Å². The van der Waals surface area contributed by atoms with Gasteiger partial charge in [0.15, 0.2) is 0 Å². The van der Waals surface area contributed by atoms with E-state index in [1.165, 1.54) is 19.2 Å². The van der Waals surface area contributed by atoms with Crippen molar-refractivity contribution in [2.45, 2.75) is 58.2 Å². The molecule has 38 heavy (non-hydrogen) atoms. The third-order valence-corrected chi connectivity index (χ3v) is 8.17. The molecule has 0 spiro atoms. The fourth-order valence-electron chi connectivity index (χ4n) is 4.92. The van der Waals surface area contributed by atoms with Gasteiger partial charge >= 0.3 is 0 Å². The molecule has 0 N–H and O–H groups in total. The first-order chi connectivity index (χ1) is 18.4. The van der Waals surface area contributed by atoms with Gasteiger partial charge in [0, 0.05) is 23.5 Å². The molecule has 1 heterocycles. The molecule has 1 aromatic heterocycles. The van der Waals surface area contributed by atoms with E-state index in [0.717, 1.165) is 48.1 Å². The van der Waals surface area contributed by atoms with E-state index in [4.69, 9.17) is 9.47 Å². The number of rotatable bonds is 10. The third-order valence-electron chi connectivity index (χ3n) is 7.16. The zero-order valence-corrected chi connectivity index (χ0v) is 23.1. The highest BCUT2D eigenvalue weighted by molar-refractivity contribution is 7.10. The van der Waals surface area contributed by atoms with Gasteiger partial charge in [-0.05, 0) is 66.6 Å². The van der Waals surface area contributed by atoms with E-state index in [-0.39, 0.29) is 30.2 Å². The standard InChI is InChI=1S/C30H35FN2O4S/c1-21-15-16-38-28(21)19-32(18-22-9-11-23(31)12-10-22)29(34)20-33(24-7-5-4-6-8-24)30(35)26-14-13-25(36-2)17-27(26)37-3/h9-17,24H,4-8,18-20H2,1-3H3. The number of amides is 2. The van der Waals surface area contributed by atoms with Gasteiger partial charge in [0.2, 0.25) is 5.91 Å². The van der Waals surface area contributed by atoms with E-state index in [2.05, 4.69) is 0 Å². The number of hydrogen-bond donors (Lipinski definition) is 0. The van der Waals surface area contributed by atoms with Crippen molar-refractivity contribution in [1.29, 1.82) is 0 Å². The van der Waals surface area contributed by atoms with Gasteiger partial charge in [-0.2, -0.15) is 0 Å². The number of methoxy groups -OCH3 is 2. The second kappa shape index (κ2) is 12.9. The Morgan fingerprint density at radius 2 is 1.71 bits per heavy atom. The Kier molecular flexibility index (Phi) is 9.39. The van der Waals surface area contributed by atoms with Gasteiger partial charge in [0.1, 0.15) is 23.9 Å². The molecular formula is C30H35FN2O4S. The highest BCUT2D eigenvalue weighted by Crippen LogP contribution is 2.30. The minimum atomic E-state index is -0.316. The van der Waals surface area contributed by atoms with Crippen molar-refractivity contribution in [2.75, 3.05) is 20.8 Å². The molecule has 2 amide bonds. The highest BCUT2D eigenvalue weighted by Gasteiger charge is 2.31. The molecule has 0 unspecified atom stereocenters. The maximum absolute atomic E-state index is 13.9. The first kappa shape index (κ1) is 27.6. The van der Waals surface area contributed by atoms with Crippen molar-refractivity contribution >= 4 is 23.2 Å². The van der Waals surface area contributed by atoms with Crippen molar-refractivity contribution in [1.82, 2.24) is 9.80 Å². The van der Waals surface area contributed by atoms with Crippen molar-refractivity contribution in [3.05, 3.63) is 81.3 Å².